The number of ether oxygens (including phenoxy) is 1. The molecule has 174 valence electrons. The minimum Gasteiger partial charge on any atom is -0.480 e. The van der Waals surface area contributed by atoms with Crippen LogP contribution in [0.4, 0.5) is 4.79 Å². The number of carbonyl (C=O) groups excluding carboxylic acids is 2. The number of likely N-dealkylation sites (tertiary alicyclic amines) is 1. The molecular weight excluding hydrogens is 420 g/mol. The number of carboxylic acids is 1. The third kappa shape index (κ3) is 4.45. The lowest BCUT2D eigenvalue weighted by molar-refractivity contribution is -0.144. The van der Waals surface area contributed by atoms with Gasteiger partial charge in [0.2, 0.25) is 5.91 Å². The standard InChI is InChI=1S/C26H30N2O5/c1-3-16(2)23(25(30)31)27-24(29)22-13-8-14-28(22)26(32)33-15-21-19-11-6-4-9-17(19)18-10-5-7-12-20(18)21/h4-7,9-12,16,21-23H,3,8,13-15H2,1-2H3,(H,27,29)(H,30,31)/t16-,22+,23-/m0/s1. The number of nitrogens with one attached hydrogen (secondary N) is 1. The first-order valence-electron chi connectivity index (χ1n) is 11.6. The Bertz CT molecular complexity index is 1010. The van der Waals surface area contributed by atoms with E-state index in [1.165, 1.54) is 4.90 Å². The van der Waals surface area contributed by atoms with Crippen molar-refractivity contribution in [1.82, 2.24) is 10.2 Å². The number of nitrogens with zero attached hydrogens (tertiary/aromatic N) is 1. The quantitative estimate of drug-likeness (QED) is 0.664. The minimum absolute atomic E-state index is 0.0574. The van der Waals surface area contributed by atoms with Gasteiger partial charge in [0.25, 0.3) is 0 Å². The molecule has 2 N–H and O–H groups in total. The third-order valence-corrected chi connectivity index (χ3v) is 6.90. The molecule has 1 fully saturated rings. The zero-order valence-electron chi connectivity index (χ0n) is 19.0. The van der Waals surface area contributed by atoms with Gasteiger partial charge in [-0.3, -0.25) is 9.69 Å². The first kappa shape index (κ1) is 22.8. The predicted octanol–water partition coefficient (Wildman–Crippen LogP) is 4.02. The number of amides is 2. The molecule has 3 atom stereocenters. The van der Waals surface area contributed by atoms with E-state index in [2.05, 4.69) is 29.6 Å². The Morgan fingerprint density at radius 2 is 1.70 bits per heavy atom. The molecule has 33 heavy (non-hydrogen) atoms. The van der Waals surface area contributed by atoms with Gasteiger partial charge >= 0.3 is 12.1 Å². The van der Waals surface area contributed by atoms with Gasteiger partial charge in [-0.1, -0.05) is 68.8 Å². The van der Waals surface area contributed by atoms with Crippen molar-refractivity contribution in [2.75, 3.05) is 13.2 Å². The second-order valence-electron chi connectivity index (χ2n) is 8.87. The monoisotopic (exact) mass is 450 g/mol. The smallest absolute Gasteiger partial charge is 0.410 e. The molecule has 1 heterocycles. The summed E-state index contributed by atoms with van der Waals surface area (Å²) in [5, 5.41) is 12.1. The van der Waals surface area contributed by atoms with Crippen molar-refractivity contribution in [3.05, 3.63) is 59.7 Å². The number of fused-ring (bicyclic) bond motifs is 3. The van der Waals surface area contributed by atoms with E-state index in [0.29, 0.717) is 25.8 Å². The van der Waals surface area contributed by atoms with Gasteiger partial charge in [-0.25, -0.2) is 9.59 Å². The Labute approximate surface area is 193 Å². The van der Waals surface area contributed by atoms with Crippen molar-refractivity contribution >= 4 is 18.0 Å². The van der Waals surface area contributed by atoms with Gasteiger partial charge in [-0.15, -0.1) is 0 Å². The van der Waals surface area contributed by atoms with Crippen LogP contribution in [0, 0.1) is 5.92 Å². The summed E-state index contributed by atoms with van der Waals surface area (Å²) in [5.41, 5.74) is 4.55. The summed E-state index contributed by atoms with van der Waals surface area (Å²) in [6, 6.07) is 14.5. The first-order valence-corrected chi connectivity index (χ1v) is 11.6. The van der Waals surface area contributed by atoms with Crippen LogP contribution in [-0.2, 0) is 14.3 Å². The molecule has 1 saturated heterocycles. The number of carbonyl (C=O) groups is 3. The van der Waals surface area contributed by atoms with Gasteiger partial charge in [0.15, 0.2) is 0 Å². The van der Waals surface area contributed by atoms with Crippen molar-refractivity contribution in [2.45, 2.75) is 51.1 Å². The Hall–Kier alpha value is -3.35. The summed E-state index contributed by atoms with van der Waals surface area (Å²) in [6.07, 6.45) is 1.24. The maximum Gasteiger partial charge on any atom is 0.410 e. The highest BCUT2D eigenvalue weighted by Crippen LogP contribution is 2.44. The number of rotatable bonds is 7. The molecule has 7 nitrogen and oxygen atoms in total. The SMILES string of the molecule is CC[C@H](C)[C@H](NC(=O)[C@H]1CCCN1C(=O)OCC1c2ccccc2-c2ccccc21)C(=O)O. The molecule has 0 spiro atoms. The van der Waals surface area contributed by atoms with Gasteiger partial charge in [-0.2, -0.15) is 0 Å². The van der Waals surface area contributed by atoms with Gasteiger partial charge in [0.05, 0.1) is 0 Å². The van der Waals surface area contributed by atoms with Crippen molar-refractivity contribution < 1.29 is 24.2 Å². The van der Waals surface area contributed by atoms with Crippen LogP contribution in [0.5, 0.6) is 0 Å². The van der Waals surface area contributed by atoms with Crippen LogP contribution in [0.1, 0.15) is 50.2 Å². The summed E-state index contributed by atoms with van der Waals surface area (Å²) in [6.45, 7) is 4.26. The second-order valence-corrected chi connectivity index (χ2v) is 8.87. The average molecular weight is 451 g/mol. The van der Waals surface area contributed by atoms with Crippen LogP contribution in [0.2, 0.25) is 0 Å². The molecule has 2 aromatic carbocycles. The van der Waals surface area contributed by atoms with E-state index in [1.54, 1.807) is 6.92 Å². The van der Waals surface area contributed by atoms with E-state index in [1.807, 2.05) is 31.2 Å². The molecule has 0 radical (unpaired) electrons. The first-order chi connectivity index (χ1) is 15.9. The van der Waals surface area contributed by atoms with Gasteiger partial charge in [0.1, 0.15) is 18.7 Å². The van der Waals surface area contributed by atoms with Crippen LogP contribution in [0.3, 0.4) is 0 Å². The predicted molar refractivity (Wildman–Crippen MR) is 124 cm³/mol. The van der Waals surface area contributed by atoms with Crippen molar-refractivity contribution in [3.63, 3.8) is 0 Å². The molecule has 0 aromatic heterocycles. The van der Waals surface area contributed by atoms with Crippen LogP contribution in [-0.4, -0.2) is 53.2 Å². The van der Waals surface area contributed by atoms with E-state index < -0.39 is 30.1 Å². The minimum atomic E-state index is -1.07. The highest BCUT2D eigenvalue weighted by molar-refractivity contribution is 5.89. The zero-order valence-corrected chi connectivity index (χ0v) is 19.0. The highest BCUT2D eigenvalue weighted by Gasteiger charge is 2.38. The molecule has 0 unspecified atom stereocenters. The summed E-state index contributed by atoms with van der Waals surface area (Å²) < 4.78 is 5.72. The van der Waals surface area contributed by atoms with Gasteiger partial charge in [0, 0.05) is 12.5 Å². The van der Waals surface area contributed by atoms with E-state index >= 15 is 0 Å². The fourth-order valence-electron chi connectivity index (χ4n) is 4.87. The Kier molecular flexibility index (Phi) is 6.67. The van der Waals surface area contributed by atoms with Crippen LogP contribution in [0.25, 0.3) is 11.1 Å². The van der Waals surface area contributed by atoms with E-state index in [0.717, 1.165) is 22.3 Å². The van der Waals surface area contributed by atoms with Crippen molar-refractivity contribution in [2.24, 2.45) is 5.92 Å². The number of benzene rings is 2. The Balaban J connectivity index is 1.43. The maximum atomic E-state index is 13.0. The average Bonchev–Trinajstić information content (AvgIpc) is 3.44. The lowest BCUT2D eigenvalue weighted by Gasteiger charge is -2.27. The van der Waals surface area contributed by atoms with Gasteiger partial charge in [-0.05, 0) is 41.0 Å². The van der Waals surface area contributed by atoms with Crippen molar-refractivity contribution in [3.8, 4) is 11.1 Å². The Morgan fingerprint density at radius 1 is 1.09 bits per heavy atom. The van der Waals surface area contributed by atoms with E-state index in [-0.39, 0.29) is 18.4 Å². The number of hydrogen-bond acceptors (Lipinski definition) is 4. The molecule has 2 amide bonds. The third-order valence-electron chi connectivity index (χ3n) is 6.90. The van der Waals surface area contributed by atoms with Crippen molar-refractivity contribution in [1.29, 1.82) is 0 Å². The lowest BCUT2D eigenvalue weighted by Crippen LogP contribution is -2.52. The maximum absolute atomic E-state index is 13.0. The number of carboxylic acid groups (broad SMARTS) is 1. The normalized spacial score (nSPS) is 18.8. The molecular formula is C26H30N2O5. The fourth-order valence-corrected chi connectivity index (χ4v) is 4.87. The lowest BCUT2D eigenvalue weighted by atomic mass is 9.98. The topological polar surface area (TPSA) is 95.9 Å². The van der Waals surface area contributed by atoms with E-state index in [4.69, 9.17) is 4.74 Å². The summed E-state index contributed by atoms with van der Waals surface area (Å²) >= 11 is 0. The molecule has 2 aromatic rings. The molecule has 0 saturated carbocycles. The van der Waals surface area contributed by atoms with Crippen LogP contribution >= 0.6 is 0 Å². The number of hydrogen-bond donors (Lipinski definition) is 2. The largest absolute Gasteiger partial charge is 0.480 e. The fraction of sp³-hybridized carbons (Fsp3) is 0.423. The Morgan fingerprint density at radius 3 is 2.27 bits per heavy atom. The van der Waals surface area contributed by atoms with Crippen LogP contribution < -0.4 is 5.32 Å². The summed E-state index contributed by atoms with van der Waals surface area (Å²) in [7, 11) is 0. The molecule has 1 aliphatic carbocycles. The second kappa shape index (κ2) is 9.65. The van der Waals surface area contributed by atoms with Crippen LogP contribution in [0.15, 0.2) is 48.5 Å². The van der Waals surface area contributed by atoms with Gasteiger partial charge < -0.3 is 15.2 Å². The molecule has 0 bridgehead atoms. The molecule has 2 aliphatic rings. The van der Waals surface area contributed by atoms with E-state index in [9.17, 15) is 19.5 Å². The molecule has 7 heteroatoms. The number of aliphatic carboxylic acids is 1. The molecule has 1 aliphatic heterocycles. The zero-order chi connectivity index (χ0) is 23.5. The molecule has 4 rings (SSSR count). The summed E-state index contributed by atoms with van der Waals surface area (Å²) in [5.74, 6) is -1.77. The summed E-state index contributed by atoms with van der Waals surface area (Å²) in [4.78, 5) is 38.8. The highest BCUT2D eigenvalue weighted by atomic mass is 16.6.